The second-order valence-electron chi connectivity index (χ2n) is 5.88. The lowest BCUT2D eigenvalue weighted by atomic mass is 10.1. The van der Waals surface area contributed by atoms with E-state index in [9.17, 15) is 9.59 Å². The summed E-state index contributed by atoms with van der Waals surface area (Å²) in [5.41, 5.74) is 0.759. The number of piperazine rings is 1. The van der Waals surface area contributed by atoms with Crippen LogP contribution in [0.3, 0.4) is 0 Å². The number of hydrogen-bond acceptors (Lipinski definition) is 4. The zero-order valence-corrected chi connectivity index (χ0v) is 13.5. The number of nitrogens with one attached hydrogen (secondary N) is 1. The van der Waals surface area contributed by atoms with Crippen molar-refractivity contribution < 1.29 is 14.3 Å². The molecule has 0 saturated carbocycles. The predicted octanol–water partition coefficient (Wildman–Crippen LogP) is 0.870. The molecule has 1 unspecified atom stereocenters. The van der Waals surface area contributed by atoms with Crippen LogP contribution < -0.4 is 15.0 Å². The van der Waals surface area contributed by atoms with Crippen molar-refractivity contribution in [3.05, 3.63) is 24.3 Å². The van der Waals surface area contributed by atoms with Gasteiger partial charge < -0.3 is 19.9 Å². The molecular weight excluding hydrogens is 294 g/mol. The Balaban J connectivity index is 1.73. The highest BCUT2D eigenvalue weighted by Crippen LogP contribution is 2.33. The van der Waals surface area contributed by atoms with Crippen molar-refractivity contribution in [2.75, 3.05) is 44.2 Å². The molecule has 0 aliphatic carbocycles. The molecule has 0 radical (unpaired) electrons. The smallest absolute Gasteiger partial charge is 0.228 e. The number of benzene rings is 1. The second-order valence-corrected chi connectivity index (χ2v) is 5.88. The fourth-order valence-corrected chi connectivity index (χ4v) is 3.21. The van der Waals surface area contributed by atoms with Gasteiger partial charge in [-0.25, -0.2) is 0 Å². The van der Waals surface area contributed by atoms with Gasteiger partial charge >= 0.3 is 0 Å². The van der Waals surface area contributed by atoms with Crippen molar-refractivity contribution in [3.8, 4) is 5.75 Å². The maximum Gasteiger partial charge on any atom is 0.228 e. The van der Waals surface area contributed by atoms with Crippen molar-refractivity contribution in [3.63, 3.8) is 0 Å². The molecule has 6 heteroatoms. The number of ether oxygens (including phenoxy) is 1. The summed E-state index contributed by atoms with van der Waals surface area (Å²) < 4.78 is 5.61. The molecule has 2 heterocycles. The van der Waals surface area contributed by atoms with Gasteiger partial charge in [-0.3, -0.25) is 9.59 Å². The summed E-state index contributed by atoms with van der Waals surface area (Å²) in [5, 5.41) is 3.24. The monoisotopic (exact) mass is 317 g/mol. The van der Waals surface area contributed by atoms with Gasteiger partial charge in [0.2, 0.25) is 11.8 Å². The fraction of sp³-hybridized carbons (Fsp3) is 0.529. The summed E-state index contributed by atoms with van der Waals surface area (Å²) in [4.78, 5) is 28.6. The van der Waals surface area contributed by atoms with Crippen LogP contribution in [0.5, 0.6) is 5.75 Å². The van der Waals surface area contributed by atoms with E-state index in [1.54, 1.807) is 4.90 Å². The van der Waals surface area contributed by atoms with Gasteiger partial charge in [-0.2, -0.15) is 0 Å². The Morgan fingerprint density at radius 1 is 1.30 bits per heavy atom. The highest BCUT2D eigenvalue weighted by Gasteiger charge is 2.38. The van der Waals surface area contributed by atoms with Gasteiger partial charge in [0.15, 0.2) is 0 Å². The van der Waals surface area contributed by atoms with Gasteiger partial charge in [0.25, 0.3) is 0 Å². The van der Waals surface area contributed by atoms with Crippen molar-refractivity contribution in [1.82, 2.24) is 10.2 Å². The Bertz CT molecular complexity index is 584. The zero-order chi connectivity index (χ0) is 16.2. The molecule has 2 aliphatic heterocycles. The van der Waals surface area contributed by atoms with E-state index in [4.69, 9.17) is 4.74 Å². The van der Waals surface area contributed by atoms with Gasteiger partial charge in [0.1, 0.15) is 5.75 Å². The van der Waals surface area contributed by atoms with E-state index in [1.165, 1.54) is 0 Å². The SMILES string of the molecule is CCOc1ccccc1N1CC(C(=O)N2CCNCC2)CC1=O. The van der Waals surface area contributed by atoms with Crippen LogP contribution in [0, 0.1) is 5.92 Å². The largest absolute Gasteiger partial charge is 0.492 e. The highest BCUT2D eigenvalue weighted by molar-refractivity contribution is 6.01. The number of amides is 2. The third-order valence-electron chi connectivity index (χ3n) is 4.36. The summed E-state index contributed by atoms with van der Waals surface area (Å²) in [6, 6.07) is 7.51. The Labute approximate surface area is 136 Å². The van der Waals surface area contributed by atoms with E-state index >= 15 is 0 Å². The van der Waals surface area contributed by atoms with E-state index in [1.807, 2.05) is 36.1 Å². The Morgan fingerprint density at radius 3 is 2.78 bits per heavy atom. The van der Waals surface area contributed by atoms with Gasteiger partial charge in [0, 0.05) is 39.1 Å². The minimum Gasteiger partial charge on any atom is -0.492 e. The molecule has 1 N–H and O–H groups in total. The first-order valence-corrected chi connectivity index (χ1v) is 8.22. The van der Waals surface area contributed by atoms with E-state index in [-0.39, 0.29) is 24.2 Å². The van der Waals surface area contributed by atoms with Gasteiger partial charge in [-0.15, -0.1) is 0 Å². The third-order valence-corrected chi connectivity index (χ3v) is 4.36. The van der Waals surface area contributed by atoms with Crippen LogP contribution in [0.1, 0.15) is 13.3 Å². The maximum atomic E-state index is 12.6. The standard InChI is InChI=1S/C17H23N3O3/c1-2-23-15-6-4-3-5-14(15)20-12-13(11-16(20)21)17(22)19-9-7-18-8-10-19/h3-6,13,18H,2,7-12H2,1H3. The molecule has 0 spiro atoms. The first-order valence-electron chi connectivity index (χ1n) is 8.22. The Hall–Kier alpha value is -2.08. The maximum absolute atomic E-state index is 12.6. The zero-order valence-electron chi connectivity index (χ0n) is 13.5. The number of rotatable bonds is 4. The van der Waals surface area contributed by atoms with Crippen molar-refractivity contribution >= 4 is 17.5 Å². The second kappa shape index (κ2) is 7.00. The van der Waals surface area contributed by atoms with Crippen LogP contribution in [0.4, 0.5) is 5.69 Å². The number of anilines is 1. The van der Waals surface area contributed by atoms with E-state index < -0.39 is 0 Å². The van der Waals surface area contributed by atoms with Crippen LogP contribution in [0.15, 0.2) is 24.3 Å². The number of carbonyl (C=O) groups is 2. The minimum absolute atomic E-state index is 0.00867. The van der Waals surface area contributed by atoms with Crippen LogP contribution in [-0.2, 0) is 9.59 Å². The Kier molecular flexibility index (Phi) is 4.81. The first-order chi connectivity index (χ1) is 11.2. The number of hydrogen-bond donors (Lipinski definition) is 1. The minimum atomic E-state index is -0.254. The molecular formula is C17H23N3O3. The third kappa shape index (κ3) is 3.32. The molecule has 2 saturated heterocycles. The molecule has 1 atom stereocenters. The quantitative estimate of drug-likeness (QED) is 0.895. The molecule has 1 aromatic carbocycles. The first kappa shape index (κ1) is 15.8. The van der Waals surface area contributed by atoms with Gasteiger partial charge in [0.05, 0.1) is 18.2 Å². The summed E-state index contributed by atoms with van der Waals surface area (Å²) in [7, 11) is 0. The average Bonchev–Trinajstić information content (AvgIpc) is 2.97. The number of nitrogens with zero attached hydrogens (tertiary/aromatic N) is 2. The van der Waals surface area contributed by atoms with Crippen LogP contribution in [0.2, 0.25) is 0 Å². The van der Waals surface area contributed by atoms with Crippen LogP contribution in [0.25, 0.3) is 0 Å². The molecule has 23 heavy (non-hydrogen) atoms. The normalized spacial score (nSPS) is 21.6. The molecule has 2 aliphatic rings. The average molecular weight is 317 g/mol. The van der Waals surface area contributed by atoms with E-state index in [0.717, 1.165) is 31.9 Å². The summed E-state index contributed by atoms with van der Waals surface area (Å²) in [5.74, 6) is 0.524. The lowest BCUT2D eigenvalue weighted by Crippen LogP contribution is -2.48. The highest BCUT2D eigenvalue weighted by atomic mass is 16.5. The summed E-state index contributed by atoms with van der Waals surface area (Å²) in [6.45, 7) is 5.98. The summed E-state index contributed by atoms with van der Waals surface area (Å²) >= 11 is 0. The molecule has 0 aromatic heterocycles. The van der Waals surface area contributed by atoms with E-state index in [2.05, 4.69) is 5.32 Å². The molecule has 1 aromatic rings. The predicted molar refractivity (Wildman–Crippen MR) is 87.5 cm³/mol. The summed E-state index contributed by atoms with van der Waals surface area (Å²) in [6.07, 6.45) is 0.281. The van der Waals surface area contributed by atoms with Gasteiger partial charge in [-0.05, 0) is 19.1 Å². The van der Waals surface area contributed by atoms with Crippen molar-refractivity contribution in [1.29, 1.82) is 0 Å². The topological polar surface area (TPSA) is 61.9 Å². The Morgan fingerprint density at radius 2 is 2.04 bits per heavy atom. The van der Waals surface area contributed by atoms with Crippen LogP contribution in [-0.4, -0.2) is 56.0 Å². The molecule has 3 rings (SSSR count). The molecule has 124 valence electrons. The van der Waals surface area contributed by atoms with Crippen LogP contribution >= 0.6 is 0 Å². The van der Waals surface area contributed by atoms with E-state index in [0.29, 0.717) is 18.9 Å². The molecule has 0 bridgehead atoms. The molecule has 6 nitrogen and oxygen atoms in total. The number of para-hydroxylation sites is 2. The van der Waals surface area contributed by atoms with Gasteiger partial charge in [-0.1, -0.05) is 12.1 Å². The van der Waals surface area contributed by atoms with Crippen molar-refractivity contribution in [2.45, 2.75) is 13.3 Å². The van der Waals surface area contributed by atoms with Crippen molar-refractivity contribution in [2.24, 2.45) is 5.92 Å². The molecule has 2 fully saturated rings. The number of carbonyl (C=O) groups excluding carboxylic acids is 2. The fourth-order valence-electron chi connectivity index (χ4n) is 3.21. The lowest BCUT2D eigenvalue weighted by Gasteiger charge is -2.29. The molecule has 2 amide bonds. The lowest BCUT2D eigenvalue weighted by molar-refractivity contribution is -0.136.